The molecule has 12 atom stereocenters. The van der Waals surface area contributed by atoms with Crippen molar-refractivity contribution in [1.82, 2.24) is 0 Å². The minimum absolute atomic E-state index is 0.161. The number of rotatable bonds is 25. The van der Waals surface area contributed by atoms with Crippen LogP contribution in [0.25, 0.3) is 0 Å². The van der Waals surface area contributed by atoms with Crippen LogP contribution < -0.4 is 0 Å². The Morgan fingerprint density at radius 1 is 0.324 bits per heavy atom. The summed E-state index contributed by atoms with van der Waals surface area (Å²) in [4.78, 5) is 0. The van der Waals surface area contributed by atoms with Crippen molar-refractivity contribution in [3.63, 3.8) is 0 Å². The highest BCUT2D eigenvalue weighted by molar-refractivity contribution is 5.22. The second-order valence-corrected chi connectivity index (χ2v) is 19.9. The molecule has 0 bridgehead atoms. The maximum absolute atomic E-state index is 7.25. The molecule has 10 heteroatoms. The Kier molecular flexibility index (Phi) is 16.2. The van der Waals surface area contributed by atoms with Crippen LogP contribution in [-0.2, 0) is 93.6 Å². The van der Waals surface area contributed by atoms with Gasteiger partial charge < -0.3 is 47.4 Å². The fourth-order valence-corrected chi connectivity index (χ4v) is 11.6. The van der Waals surface area contributed by atoms with Crippen molar-refractivity contribution < 1.29 is 47.4 Å². The van der Waals surface area contributed by atoms with Crippen LogP contribution in [0.15, 0.2) is 212 Å². The molecule has 0 amide bonds. The van der Waals surface area contributed by atoms with Gasteiger partial charge in [-0.1, -0.05) is 212 Å². The fourth-order valence-electron chi connectivity index (χ4n) is 11.6. The van der Waals surface area contributed by atoms with Gasteiger partial charge in [0.25, 0.3) is 0 Å². The molecule has 2 aliphatic carbocycles. The molecule has 2 heterocycles. The van der Waals surface area contributed by atoms with Gasteiger partial charge >= 0.3 is 0 Å². The minimum Gasteiger partial charge on any atom is -0.376 e. The van der Waals surface area contributed by atoms with Crippen LogP contribution in [0.1, 0.15) is 45.9 Å². The Hall–Kier alpha value is -5.86. The fraction of sp³-hybridized carbons (Fsp3) is 0.344. The molecule has 2 saturated carbocycles. The van der Waals surface area contributed by atoms with Gasteiger partial charge in [0.15, 0.2) is 17.9 Å². The third kappa shape index (κ3) is 11.1. The zero-order chi connectivity index (χ0) is 50.0. The van der Waals surface area contributed by atoms with Crippen molar-refractivity contribution >= 4 is 0 Å². The van der Waals surface area contributed by atoms with Gasteiger partial charge in [-0.2, -0.15) is 0 Å². The molecule has 0 aromatic heterocycles. The molecule has 4 aliphatic rings. The standard InChI is InChI=1S/C64H66O10/c1-46-56-60(68-40-50-29-15-5-16-30-50)59(67-39-49-27-13-4-14-28-49)55(63(56,73-46)71-42-52-33-19-7-20-34-52)45-70-62-57-61(69-41-51-31-17-6-18-32-51)58(66-38-48-25-11-3-12-26-48)54(44-65-37-47-23-9-2-10-24-47)64(57,74-62)72-43-53-35-21-8-22-36-53/h2-36,46,54-62H,37-45H2,1H3. The lowest BCUT2D eigenvalue weighted by Gasteiger charge is -2.54. The molecule has 7 aromatic carbocycles. The Labute approximate surface area is 435 Å². The summed E-state index contributed by atoms with van der Waals surface area (Å²) in [7, 11) is 0. The Morgan fingerprint density at radius 3 is 1.01 bits per heavy atom. The summed E-state index contributed by atoms with van der Waals surface area (Å²) in [5.41, 5.74) is 7.32. The summed E-state index contributed by atoms with van der Waals surface area (Å²) in [6, 6.07) is 71.6. The van der Waals surface area contributed by atoms with Crippen LogP contribution in [0.4, 0.5) is 0 Å². The summed E-state index contributed by atoms with van der Waals surface area (Å²) < 4.78 is 70.8. The Bertz CT molecular complexity index is 2760. The molecule has 0 radical (unpaired) electrons. The predicted octanol–water partition coefficient (Wildman–Crippen LogP) is 11.7. The number of fused-ring (bicyclic) bond motifs is 2. The highest BCUT2D eigenvalue weighted by Gasteiger charge is 2.76. The first-order valence-electron chi connectivity index (χ1n) is 26.1. The second kappa shape index (κ2) is 23.8. The van der Waals surface area contributed by atoms with E-state index in [1.165, 1.54) is 0 Å². The van der Waals surface area contributed by atoms with E-state index >= 15 is 0 Å². The average molecular weight is 995 g/mol. The van der Waals surface area contributed by atoms with Crippen LogP contribution in [0.5, 0.6) is 0 Å². The largest absolute Gasteiger partial charge is 0.376 e. The van der Waals surface area contributed by atoms with E-state index < -0.39 is 60.0 Å². The van der Waals surface area contributed by atoms with Crippen LogP contribution >= 0.6 is 0 Å². The molecule has 0 spiro atoms. The SMILES string of the molecule is CC1OC2(OCc3ccccc3)C(COC3OC4(OCc5ccccc5)C(COCc5ccccc5)C(OCc5ccccc5)C(OCc5ccccc5)C34)C(OCc3ccccc3)C(OCc3ccccc3)C12. The predicted molar refractivity (Wildman–Crippen MR) is 279 cm³/mol. The van der Waals surface area contributed by atoms with Gasteiger partial charge in [-0.15, -0.1) is 0 Å². The van der Waals surface area contributed by atoms with Gasteiger partial charge in [-0.25, -0.2) is 0 Å². The van der Waals surface area contributed by atoms with E-state index in [1.54, 1.807) is 0 Å². The zero-order valence-corrected chi connectivity index (χ0v) is 41.9. The number of hydrogen-bond donors (Lipinski definition) is 0. The summed E-state index contributed by atoms with van der Waals surface area (Å²) in [5.74, 6) is -3.80. The smallest absolute Gasteiger partial charge is 0.189 e. The Balaban J connectivity index is 0.946. The molecule has 11 rings (SSSR count). The van der Waals surface area contributed by atoms with Crippen molar-refractivity contribution in [3.05, 3.63) is 251 Å². The highest BCUT2D eigenvalue weighted by atomic mass is 16.8. The highest BCUT2D eigenvalue weighted by Crippen LogP contribution is 2.60. The molecule has 2 saturated heterocycles. The maximum Gasteiger partial charge on any atom is 0.189 e. The topological polar surface area (TPSA) is 92.3 Å². The second-order valence-electron chi connectivity index (χ2n) is 19.9. The monoisotopic (exact) mass is 994 g/mol. The normalized spacial score (nSPS) is 28.7. The summed E-state index contributed by atoms with van der Waals surface area (Å²) in [5, 5.41) is 0. The molecule has 7 aromatic rings. The van der Waals surface area contributed by atoms with Crippen molar-refractivity contribution in [2.75, 3.05) is 13.2 Å². The van der Waals surface area contributed by atoms with E-state index in [4.69, 9.17) is 47.4 Å². The quantitative estimate of drug-likeness (QED) is 0.0551. The lowest BCUT2D eigenvalue weighted by atomic mass is 9.84. The van der Waals surface area contributed by atoms with Crippen LogP contribution in [-0.4, -0.2) is 61.6 Å². The molecule has 2 aliphatic heterocycles. The molecule has 12 unspecified atom stereocenters. The lowest BCUT2D eigenvalue weighted by molar-refractivity contribution is -0.461. The maximum atomic E-state index is 7.25. The molecule has 0 N–H and O–H groups in total. The number of hydrogen-bond acceptors (Lipinski definition) is 10. The third-order valence-corrected chi connectivity index (χ3v) is 15.2. The summed E-state index contributed by atoms with van der Waals surface area (Å²) >= 11 is 0. The van der Waals surface area contributed by atoms with Gasteiger partial charge in [0, 0.05) is 0 Å². The van der Waals surface area contributed by atoms with Gasteiger partial charge in [0.1, 0.15) is 0 Å². The molecule has 382 valence electrons. The van der Waals surface area contributed by atoms with E-state index in [0.717, 1.165) is 38.9 Å². The van der Waals surface area contributed by atoms with Gasteiger partial charge in [-0.05, 0) is 45.9 Å². The van der Waals surface area contributed by atoms with E-state index in [1.807, 2.05) is 127 Å². The first-order valence-corrected chi connectivity index (χ1v) is 26.1. The van der Waals surface area contributed by atoms with E-state index in [-0.39, 0.29) is 25.2 Å². The number of ether oxygens (including phenoxy) is 10. The Morgan fingerprint density at radius 2 is 0.635 bits per heavy atom. The molecular weight excluding hydrogens is 929 g/mol. The van der Waals surface area contributed by atoms with E-state index in [0.29, 0.717) is 46.2 Å². The van der Waals surface area contributed by atoms with Crippen LogP contribution in [0.2, 0.25) is 0 Å². The molecule has 10 nitrogen and oxygen atoms in total. The van der Waals surface area contributed by atoms with Crippen molar-refractivity contribution in [2.24, 2.45) is 23.7 Å². The van der Waals surface area contributed by atoms with E-state index in [9.17, 15) is 0 Å². The average Bonchev–Trinajstić information content (AvgIpc) is 3.79. The van der Waals surface area contributed by atoms with Gasteiger partial charge in [0.05, 0.1) is 114 Å². The molecular formula is C64H66O10. The zero-order valence-electron chi connectivity index (χ0n) is 41.9. The lowest BCUT2D eigenvalue weighted by Crippen LogP contribution is -2.66. The molecule has 74 heavy (non-hydrogen) atoms. The van der Waals surface area contributed by atoms with Gasteiger partial charge in [-0.3, -0.25) is 0 Å². The van der Waals surface area contributed by atoms with Crippen molar-refractivity contribution in [2.45, 2.75) is 102 Å². The van der Waals surface area contributed by atoms with E-state index in [2.05, 4.69) is 91.9 Å². The first-order chi connectivity index (χ1) is 36.6. The third-order valence-electron chi connectivity index (χ3n) is 15.2. The summed E-state index contributed by atoms with van der Waals surface area (Å²) in [6.07, 6.45) is -2.89. The number of benzene rings is 7. The van der Waals surface area contributed by atoms with Crippen LogP contribution in [0.3, 0.4) is 0 Å². The van der Waals surface area contributed by atoms with Crippen molar-refractivity contribution in [3.8, 4) is 0 Å². The molecule has 4 fully saturated rings. The van der Waals surface area contributed by atoms with Crippen LogP contribution in [0, 0.1) is 23.7 Å². The van der Waals surface area contributed by atoms with Gasteiger partial charge in [0.2, 0.25) is 0 Å². The van der Waals surface area contributed by atoms with Crippen molar-refractivity contribution in [1.29, 1.82) is 0 Å². The summed E-state index contributed by atoms with van der Waals surface area (Å²) in [6.45, 7) is 5.02. The minimum atomic E-state index is -1.22. The first kappa shape index (κ1) is 50.3.